The lowest BCUT2D eigenvalue weighted by molar-refractivity contribution is -0.114. The molecule has 0 fully saturated rings. The van der Waals surface area contributed by atoms with E-state index in [4.69, 9.17) is 10.5 Å². The van der Waals surface area contributed by atoms with Crippen molar-refractivity contribution >= 4 is 5.91 Å². The topological polar surface area (TPSA) is 64.3 Å². The molecule has 0 unspecified atom stereocenters. The van der Waals surface area contributed by atoms with Gasteiger partial charge in [-0.25, -0.2) is 0 Å². The molecule has 0 saturated carbocycles. The number of methoxy groups -OCH3 is 1. The van der Waals surface area contributed by atoms with E-state index in [0.717, 1.165) is 16.9 Å². The number of nitrogens with two attached hydrogens (primary N) is 1. The van der Waals surface area contributed by atoms with Crippen molar-refractivity contribution in [2.24, 2.45) is 5.73 Å². The number of benzene rings is 1. The van der Waals surface area contributed by atoms with Crippen molar-refractivity contribution in [2.45, 2.75) is 6.54 Å². The number of hydrogen-bond acceptors (Lipinski definition) is 3. The zero-order chi connectivity index (χ0) is 13.7. The van der Waals surface area contributed by atoms with E-state index >= 15 is 0 Å². The molecule has 1 amide bonds. The van der Waals surface area contributed by atoms with E-state index < -0.39 is 5.91 Å². The molecule has 0 spiro atoms. The number of carbonyl (C=O) groups is 1. The van der Waals surface area contributed by atoms with Crippen molar-refractivity contribution < 1.29 is 9.53 Å². The van der Waals surface area contributed by atoms with Crippen LogP contribution in [-0.4, -0.2) is 13.0 Å². The van der Waals surface area contributed by atoms with Gasteiger partial charge in [0.25, 0.3) is 0 Å². The molecule has 4 heteroatoms. The number of ether oxygens (including phenoxy) is 1. The van der Waals surface area contributed by atoms with Gasteiger partial charge in [0.1, 0.15) is 5.75 Å². The first-order chi connectivity index (χ1) is 9.20. The summed E-state index contributed by atoms with van der Waals surface area (Å²) in [6.07, 6.45) is 7.16. The molecule has 2 rings (SSSR count). The lowest BCUT2D eigenvalue weighted by atomic mass is 10.1. The lowest BCUT2D eigenvalue weighted by Gasteiger charge is -2.05. The van der Waals surface area contributed by atoms with Gasteiger partial charge in [-0.1, -0.05) is 24.3 Å². The number of rotatable bonds is 5. The van der Waals surface area contributed by atoms with E-state index in [-0.39, 0.29) is 0 Å². The van der Waals surface area contributed by atoms with Crippen LogP contribution in [0.4, 0.5) is 0 Å². The van der Waals surface area contributed by atoms with Crippen LogP contribution in [0.3, 0.4) is 0 Å². The van der Waals surface area contributed by atoms with E-state index in [1.165, 1.54) is 0 Å². The summed E-state index contributed by atoms with van der Waals surface area (Å²) in [5, 5.41) is 3.16. The lowest BCUT2D eigenvalue weighted by Crippen LogP contribution is -2.15. The van der Waals surface area contributed by atoms with Gasteiger partial charge < -0.3 is 15.8 Å². The Morgan fingerprint density at radius 3 is 2.74 bits per heavy atom. The summed E-state index contributed by atoms with van der Waals surface area (Å²) < 4.78 is 5.10. The third-order valence-corrected chi connectivity index (χ3v) is 2.84. The molecule has 98 valence electrons. The number of nitrogens with one attached hydrogen (secondary N) is 1. The molecule has 0 aliphatic heterocycles. The number of allylic oxidation sites excluding steroid dienone is 3. The van der Waals surface area contributed by atoms with Gasteiger partial charge in [-0.15, -0.1) is 0 Å². The second-order valence-corrected chi connectivity index (χ2v) is 4.13. The van der Waals surface area contributed by atoms with Crippen LogP contribution in [0.15, 0.2) is 59.8 Å². The van der Waals surface area contributed by atoms with Crippen LogP contribution in [0.1, 0.15) is 5.56 Å². The largest absolute Gasteiger partial charge is 0.497 e. The van der Waals surface area contributed by atoms with Crippen molar-refractivity contribution in [1.82, 2.24) is 5.32 Å². The second-order valence-electron chi connectivity index (χ2n) is 4.13. The van der Waals surface area contributed by atoms with E-state index in [1.807, 2.05) is 30.3 Å². The van der Waals surface area contributed by atoms with Crippen molar-refractivity contribution in [3.8, 4) is 5.75 Å². The van der Waals surface area contributed by atoms with E-state index in [0.29, 0.717) is 12.1 Å². The predicted octanol–water partition coefficient (Wildman–Crippen LogP) is 1.65. The zero-order valence-electron chi connectivity index (χ0n) is 10.7. The summed E-state index contributed by atoms with van der Waals surface area (Å²) in [6.45, 7) is 0.674. The number of carbonyl (C=O) groups excluding carboxylic acids is 1. The van der Waals surface area contributed by atoms with Crippen LogP contribution in [0.5, 0.6) is 5.75 Å². The van der Waals surface area contributed by atoms with Gasteiger partial charge in [0.2, 0.25) is 5.91 Å². The molecular weight excluding hydrogens is 240 g/mol. The van der Waals surface area contributed by atoms with E-state index in [2.05, 4.69) is 5.32 Å². The van der Waals surface area contributed by atoms with E-state index in [1.54, 1.807) is 25.5 Å². The van der Waals surface area contributed by atoms with Crippen LogP contribution in [0.2, 0.25) is 0 Å². The second kappa shape index (κ2) is 5.91. The minimum absolute atomic E-state index is 0.414. The van der Waals surface area contributed by atoms with Gasteiger partial charge in [0, 0.05) is 23.9 Å². The van der Waals surface area contributed by atoms with Gasteiger partial charge in [0.15, 0.2) is 0 Å². The van der Waals surface area contributed by atoms with Crippen molar-refractivity contribution in [2.75, 3.05) is 7.11 Å². The zero-order valence-corrected chi connectivity index (χ0v) is 10.7. The standard InChI is InChI=1S/C15H16N2O2/c1-19-13-7-5-11(6-8-13)9-17-10-12-3-2-4-14(12)15(16)18/h2-8,10,17H,9H2,1H3,(H2,16,18)/b12-10+. The Labute approximate surface area is 112 Å². The summed E-state index contributed by atoms with van der Waals surface area (Å²) in [5.41, 5.74) is 7.74. The fraction of sp³-hybridized carbons (Fsp3) is 0.133. The SMILES string of the molecule is COc1ccc(CN/C=C2\C=CC=C2C(N)=O)cc1. The fourth-order valence-corrected chi connectivity index (χ4v) is 1.81. The molecule has 19 heavy (non-hydrogen) atoms. The Kier molecular flexibility index (Phi) is 4.03. The van der Waals surface area contributed by atoms with Gasteiger partial charge in [-0.2, -0.15) is 0 Å². The number of primary amides is 1. The Morgan fingerprint density at radius 2 is 2.11 bits per heavy atom. The monoisotopic (exact) mass is 256 g/mol. The maximum absolute atomic E-state index is 11.1. The molecule has 0 atom stereocenters. The molecule has 1 aromatic carbocycles. The molecule has 1 aliphatic rings. The predicted molar refractivity (Wildman–Crippen MR) is 74.3 cm³/mol. The van der Waals surface area contributed by atoms with Gasteiger partial charge >= 0.3 is 0 Å². The Morgan fingerprint density at radius 1 is 1.37 bits per heavy atom. The minimum atomic E-state index is -0.414. The summed E-state index contributed by atoms with van der Waals surface area (Å²) in [4.78, 5) is 11.1. The summed E-state index contributed by atoms with van der Waals surface area (Å²) in [5.74, 6) is 0.419. The molecular formula is C15H16N2O2. The Bertz CT molecular complexity index is 554. The highest BCUT2D eigenvalue weighted by Crippen LogP contribution is 2.17. The molecule has 1 aliphatic carbocycles. The Balaban J connectivity index is 1.94. The van der Waals surface area contributed by atoms with Gasteiger partial charge in [0.05, 0.1) is 7.11 Å². The Hall–Kier alpha value is -2.49. The normalized spacial score (nSPS) is 15.4. The van der Waals surface area contributed by atoms with Crippen molar-refractivity contribution in [3.63, 3.8) is 0 Å². The van der Waals surface area contributed by atoms with Crippen LogP contribution < -0.4 is 15.8 Å². The van der Waals surface area contributed by atoms with Crippen LogP contribution >= 0.6 is 0 Å². The molecule has 1 aromatic rings. The maximum Gasteiger partial charge on any atom is 0.249 e. The quantitative estimate of drug-likeness (QED) is 0.842. The summed E-state index contributed by atoms with van der Waals surface area (Å²) in [7, 11) is 1.64. The molecule has 0 saturated heterocycles. The summed E-state index contributed by atoms with van der Waals surface area (Å²) in [6, 6.07) is 7.79. The first-order valence-corrected chi connectivity index (χ1v) is 5.96. The first kappa shape index (κ1) is 13.0. The third-order valence-electron chi connectivity index (χ3n) is 2.84. The molecule has 3 N–H and O–H groups in total. The number of hydrogen-bond donors (Lipinski definition) is 2. The third kappa shape index (κ3) is 3.25. The first-order valence-electron chi connectivity index (χ1n) is 5.96. The average Bonchev–Trinajstić information content (AvgIpc) is 2.88. The molecule has 0 heterocycles. The van der Waals surface area contributed by atoms with Gasteiger partial charge in [-0.05, 0) is 23.8 Å². The molecule has 0 bridgehead atoms. The molecule has 0 radical (unpaired) electrons. The van der Waals surface area contributed by atoms with Crippen LogP contribution in [0, 0.1) is 0 Å². The maximum atomic E-state index is 11.1. The summed E-state index contributed by atoms with van der Waals surface area (Å²) >= 11 is 0. The van der Waals surface area contributed by atoms with E-state index in [9.17, 15) is 4.79 Å². The highest BCUT2D eigenvalue weighted by Gasteiger charge is 2.11. The van der Waals surface area contributed by atoms with Crippen molar-refractivity contribution in [3.05, 3.63) is 65.4 Å². The highest BCUT2D eigenvalue weighted by molar-refractivity contribution is 5.98. The fourth-order valence-electron chi connectivity index (χ4n) is 1.81. The average molecular weight is 256 g/mol. The highest BCUT2D eigenvalue weighted by atomic mass is 16.5. The molecule has 4 nitrogen and oxygen atoms in total. The molecule has 0 aromatic heterocycles. The van der Waals surface area contributed by atoms with Crippen LogP contribution in [0.25, 0.3) is 0 Å². The minimum Gasteiger partial charge on any atom is -0.497 e. The van der Waals surface area contributed by atoms with Crippen molar-refractivity contribution in [1.29, 1.82) is 0 Å². The van der Waals surface area contributed by atoms with Crippen LogP contribution in [-0.2, 0) is 11.3 Å². The van der Waals surface area contributed by atoms with Gasteiger partial charge in [-0.3, -0.25) is 4.79 Å². The number of amides is 1. The smallest absolute Gasteiger partial charge is 0.249 e.